The van der Waals surface area contributed by atoms with Crippen LogP contribution in [0, 0.1) is 0 Å². The molecule has 2 N–H and O–H groups in total. The molecule has 0 amide bonds. The first kappa shape index (κ1) is 12.5. The molecule has 98 valence electrons. The highest BCUT2D eigenvalue weighted by Crippen LogP contribution is 2.37. The molecule has 0 radical (unpaired) electrons. The number of carbonyl (C=O) groups excluding carboxylic acids is 1. The molecule has 18 heavy (non-hydrogen) atoms. The molecule has 0 saturated carbocycles. The van der Waals surface area contributed by atoms with Gasteiger partial charge in [-0.05, 0) is 13.0 Å². The summed E-state index contributed by atoms with van der Waals surface area (Å²) in [6.45, 7) is 2.38. The lowest BCUT2D eigenvalue weighted by Crippen LogP contribution is -2.15. The lowest BCUT2D eigenvalue weighted by molar-refractivity contribution is -0.145. The molecule has 1 aliphatic heterocycles. The van der Waals surface area contributed by atoms with Gasteiger partial charge in [-0.15, -0.1) is 0 Å². The molecule has 0 bridgehead atoms. The second kappa shape index (κ2) is 5.59. The minimum Gasteiger partial charge on any atom is -0.481 e. The molecule has 0 aromatic heterocycles. The second-order valence-corrected chi connectivity index (χ2v) is 3.61. The van der Waals surface area contributed by atoms with Crippen molar-refractivity contribution in [2.45, 2.75) is 13.5 Å². The van der Waals surface area contributed by atoms with Crippen LogP contribution in [0.1, 0.15) is 12.5 Å². The number of rotatable bonds is 5. The topological polar surface area (TPSA) is 80.0 Å². The third kappa shape index (κ3) is 2.65. The summed E-state index contributed by atoms with van der Waals surface area (Å²) >= 11 is 0. The largest absolute Gasteiger partial charge is 0.481 e. The highest BCUT2D eigenvalue weighted by Gasteiger charge is 2.18. The van der Waals surface area contributed by atoms with Gasteiger partial charge in [-0.25, -0.2) is 4.79 Å². The Morgan fingerprint density at radius 1 is 1.39 bits per heavy atom. The summed E-state index contributed by atoms with van der Waals surface area (Å²) in [5.74, 6) is 1.32. The Bertz CT molecular complexity index is 446. The first-order valence-electron chi connectivity index (χ1n) is 5.65. The number of benzene rings is 1. The summed E-state index contributed by atoms with van der Waals surface area (Å²) in [7, 11) is 0. The molecule has 1 heterocycles. The Hall–Kier alpha value is -1.95. The van der Waals surface area contributed by atoms with E-state index in [-0.39, 0.29) is 19.9 Å². The Morgan fingerprint density at radius 3 is 2.78 bits per heavy atom. The number of esters is 1. The third-order valence-corrected chi connectivity index (χ3v) is 2.43. The molecule has 1 aliphatic rings. The van der Waals surface area contributed by atoms with E-state index in [1.165, 1.54) is 0 Å². The van der Waals surface area contributed by atoms with Gasteiger partial charge < -0.3 is 24.7 Å². The van der Waals surface area contributed by atoms with Crippen LogP contribution in [0.15, 0.2) is 12.1 Å². The van der Waals surface area contributed by atoms with E-state index in [0.29, 0.717) is 23.9 Å². The van der Waals surface area contributed by atoms with Crippen LogP contribution in [0.4, 0.5) is 0 Å². The minimum atomic E-state index is -0.418. The monoisotopic (exact) mass is 253 g/mol. The lowest BCUT2D eigenvalue weighted by Gasteiger charge is -2.10. The summed E-state index contributed by atoms with van der Waals surface area (Å²) in [6, 6.07) is 3.42. The predicted molar refractivity (Wildman–Crippen MR) is 62.6 cm³/mol. The second-order valence-electron chi connectivity index (χ2n) is 3.61. The molecular weight excluding hydrogens is 238 g/mol. The van der Waals surface area contributed by atoms with Crippen LogP contribution in [0.3, 0.4) is 0 Å². The molecule has 6 nitrogen and oxygen atoms in total. The van der Waals surface area contributed by atoms with Crippen molar-refractivity contribution < 1.29 is 23.7 Å². The highest BCUT2D eigenvalue weighted by molar-refractivity contribution is 5.71. The minimum absolute atomic E-state index is 0.152. The molecule has 0 saturated heterocycles. The standard InChI is InChI=1S/C12H15NO5/c1-2-15-12(14)6-16-9-4-11-10(17-7-18-11)3-8(9)5-13/h3-4H,2,5-7,13H2,1H3. The van der Waals surface area contributed by atoms with E-state index in [0.717, 1.165) is 5.56 Å². The number of ether oxygens (including phenoxy) is 4. The molecule has 1 aromatic carbocycles. The summed E-state index contributed by atoms with van der Waals surface area (Å²) in [5, 5.41) is 0. The maximum absolute atomic E-state index is 11.2. The van der Waals surface area contributed by atoms with Gasteiger partial charge in [0, 0.05) is 18.2 Å². The first-order valence-corrected chi connectivity index (χ1v) is 5.65. The maximum Gasteiger partial charge on any atom is 0.344 e. The van der Waals surface area contributed by atoms with E-state index in [1.807, 2.05) is 0 Å². The van der Waals surface area contributed by atoms with Gasteiger partial charge in [0.25, 0.3) is 0 Å². The molecule has 1 aromatic rings. The van der Waals surface area contributed by atoms with Crippen molar-refractivity contribution >= 4 is 5.97 Å². The van der Waals surface area contributed by atoms with Crippen LogP contribution in [0.25, 0.3) is 0 Å². The van der Waals surface area contributed by atoms with Gasteiger partial charge in [-0.2, -0.15) is 0 Å². The van der Waals surface area contributed by atoms with Crippen LogP contribution < -0.4 is 19.9 Å². The average molecular weight is 253 g/mol. The highest BCUT2D eigenvalue weighted by atomic mass is 16.7. The average Bonchev–Trinajstić information content (AvgIpc) is 2.82. The van der Waals surface area contributed by atoms with Gasteiger partial charge >= 0.3 is 5.97 Å². The Kier molecular flexibility index (Phi) is 3.88. The predicted octanol–water partition coefficient (Wildman–Crippen LogP) is 0.816. The van der Waals surface area contributed by atoms with E-state index >= 15 is 0 Å². The Balaban J connectivity index is 2.09. The van der Waals surface area contributed by atoms with Crippen LogP contribution in [-0.2, 0) is 16.1 Å². The van der Waals surface area contributed by atoms with Crippen LogP contribution in [-0.4, -0.2) is 26.0 Å². The smallest absolute Gasteiger partial charge is 0.344 e. The van der Waals surface area contributed by atoms with Crippen molar-refractivity contribution in [3.05, 3.63) is 17.7 Å². The van der Waals surface area contributed by atoms with Gasteiger partial charge in [-0.3, -0.25) is 0 Å². The normalized spacial score (nSPS) is 12.3. The number of fused-ring (bicyclic) bond motifs is 1. The van der Waals surface area contributed by atoms with Crippen molar-refractivity contribution in [3.8, 4) is 17.2 Å². The van der Waals surface area contributed by atoms with Crippen molar-refractivity contribution in [1.29, 1.82) is 0 Å². The van der Waals surface area contributed by atoms with Crippen LogP contribution in [0.5, 0.6) is 17.2 Å². The quantitative estimate of drug-likeness (QED) is 0.782. The first-order chi connectivity index (χ1) is 8.74. The fourth-order valence-electron chi connectivity index (χ4n) is 1.60. The number of hydrogen-bond acceptors (Lipinski definition) is 6. The molecule has 0 fully saturated rings. The van der Waals surface area contributed by atoms with Crippen molar-refractivity contribution in [2.24, 2.45) is 5.73 Å². The van der Waals surface area contributed by atoms with Crippen molar-refractivity contribution in [3.63, 3.8) is 0 Å². The molecule has 0 atom stereocenters. The van der Waals surface area contributed by atoms with Crippen LogP contribution >= 0.6 is 0 Å². The molecule has 2 rings (SSSR count). The van der Waals surface area contributed by atoms with Gasteiger partial charge in [0.2, 0.25) is 6.79 Å². The molecule has 0 aliphatic carbocycles. The summed E-state index contributed by atoms with van der Waals surface area (Å²) in [4.78, 5) is 11.2. The molecule has 0 unspecified atom stereocenters. The maximum atomic E-state index is 11.2. The van der Waals surface area contributed by atoms with Crippen LogP contribution in [0.2, 0.25) is 0 Å². The van der Waals surface area contributed by atoms with Crippen molar-refractivity contribution in [2.75, 3.05) is 20.0 Å². The van der Waals surface area contributed by atoms with Gasteiger partial charge in [0.15, 0.2) is 18.1 Å². The summed E-state index contributed by atoms with van der Waals surface area (Å²) in [6.07, 6.45) is 0. The third-order valence-electron chi connectivity index (χ3n) is 2.43. The van der Waals surface area contributed by atoms with Gasteiger partial charge in [0.05, 0.1) is 6.61 Å². The van der Waals surface area contributed by atoms with E-state index < -0.39 is 5.97 Å². The van der Waals surface area contributed by atoms with Gasteiger partial charge in [-0.1, -0.05) is 0 Å². The summed E-state index contributed by atoms with van der Waals surface area (Å²) in [5.41, 5.74) is 6.37. The van der Waals surface area contributed by atoms with E-state index in [4.69, 9.17) is 24.7 Å². The molecule has 6 heteroatoms. The molecule has 0 spiro atoms. The van der Waals surface area contributed by atoms with Crippen molar-refractivity contribution in [1.82, 2.24) is 0 Å². The lowest BCUT2D eigenvalue weighted by atomic mass is 10.2. The Labute approximate surface area is 105 Å². The molecular formula is C12H15NO5. The Morgan fingerprint density at radius 2 is 2.11 bits per heavy atom. The number of hydrogen-bond donors (Lipinski definition) is 1. The van der Waals surface area contributed by atoms with E-state index in [2.05, 4.69) is 0 Å². The zero-order valence-corrected chi connectivity index (χ0v) is 10.1. The van der Waals surface area contributed by atoms with E-state index in [9.17, 15) is 4.79 Å². The number of carbonyl (C=O) groups is 1. The zero-order chi connectivity index (χ0) is 13.0. The van der Waals surface area contributed by atoms with Gasteiger partial charge in [0.1, 0.15) is 5.75 Å². The zero-order valence-electron chi connectivity index (χ0n) is 10.1. The fourth-order valence-corrected chi connectivity index (χ4v) is 1.60. The summed E-state index contributed by atoms with van der Waals surface area (Å²) < 4.78 is 20.6. The number of nitrogens with two attached hydrogens (primary N) is 1. The van der Waals surface area contributed by atoms with E-state index in [1.54, 1.807) is 19.1 Å². The SMILES string of the molecule is CCOC(=O)COc1cc2c(cc1CN)OCO2. The fraction of sp³-hybridized carbons (Fsp3) is 0.417.